The van der Waals surface area contributed by atoms with E-state index in [-0.39, 0.29) is 11.9 Å². The van der Waals surface area contributed by atoms with Gasteiger partial charge in [-0.3, -0.25) is 4.79 Å². The first-order valence-corrected chi connectivity index (χ1v) is 7.24. The normalized spacial score (nSPS) is 19.1. The number of pyridine rings is 1. The zero-order valence-electron chi connectivity index (χ0n) is 12.1. The van der Waals surface area contributed by atoms with Crippen LogP contribution in [0.15, 0.2) is 18.3 Å². The molecule has 0 saturated carbocycles. The second-order valence-corrected chi connectivity index (χ2v) is 5.56. The summed E-state index contributed by atoms with van der Waals surface area (Å²) in [7, 11) is 0. The molecule has 5 heteroatoms. The molecule has 1 aromatic rings. The van der Waals surface area contributed by atoms with Crippen LogP contribution in [0.5, 0.6) is 0 Å². The third-order valence-electron chi connectivity index (χ3n) is 3.66. The lowest BCUT2D eigenvalue weighted by Gasteiger charge is -2.33. The van der Waals surface area contributed by atoms with E-state index in [9.17, 15) is 9.18 Å². The molecule has 1 N–H and O–H groups in total. The number of carbonyl (C=O) groups excluding carboxylic acids is 1. The van der Waals surface area contributed by atoms with Gasteiger partial charge in [0.15, 0.2) is 0 Å². The SMILES string of the molecule is CC(C)N(CC1CCCCN1)C(=O)c1ccc(F)cn1. The molecule has 1 aromatic heterocycles. The van der Waals surface area contributed by atoms with Crippen molar-refractivity contribution < 1.29 is 9.18 Å². The van der Waals surface area contributed by atoms with Crippen LogP contribution in [0.1, 0.15) is 43.6 Å². The molecule has 2 heterocycles. The number of nitrogens with one attached hydrogen (secondary N) is 1. The molecule has 1 fully saturated rings. The number of nitrogens with zero attached hydrogens (tertiary/aromatic N) is 2. The van der Waals surface area contributed by atoms with Crippen LogP contribution < -0.4 is 5.32 Å². The van der Waals surface area contributed by atoms with Crippen molar-refractivity contribution in [3.63, 3.8) is 0 Å². The molecule has 1 atom stereocenters. The number of piperidine rings is 1. The molecule has 0 aliphatic carbocycles. The predicted molar refractivity (Wildman–Crippen MR) is 76.0 cm³/mol. The highest BCUT2D eigenvalue weighted by Crippen LogP contribution is 2.13. The highest BCUT2D eigenvalue weighted by molar-refractivity contribution is 5.92. The number of halogens is 1. The van der Waals surface area contributed by atoms with Gasteiger partial charge in [-0.15, -0.1) is 0 Å². The van der Waals surface area contributed by atoms with Gasteiger partial charge in [0.25, 0.3) is 5.91 Å². The first kappa shape index (κ1) is 14.9. The van der Waals surface area contributed by atoms with Gasteiger partial charge in [-0.1, -0.05) is 6.42 Å². The van der Waals surface area contributed by atoms with E-state index in [1.54, 1.807) is 0 Å². The quantitative estimate of drug-likeness (QED) is 0.919. The van der Waals surface area contributed by atoms with Gasteiger partial charge < -0.3 is 10.2 Å². The summed E-state index contributed by atoms with van der Waals surface area (Å²) in [6.45, 7) is 5.67. The van der Waals surface area contributed by atoms with Crippen LogP contribution in [0, 0.1) is 5.82 Å². The lowest BCUT2D eigenvalue weighted by molar-refractivity contribution is 0.0670. The number of rotatable bonds is 4. The molecular formula is C15H22FN3O. The maximum Gasteiger partial charge on any atom is 0.272 e. The van der Waals surface area contributed by atoms with Crippen molar-refractivity contribution in [1.82, 2.24) is 15.2 Å². The van der Waals surface area contributed by atoms with E-state index >= 15 is 0 Å². The molecule has 0 aromatic carbocycles. The lowest BCUT2D eigenvalue weighted by Crippen LogP contribution is -2.48. The first-order chi connectivity index (χ1) is 9.58. The molecule has 1 amide bonds. The van der Waals surface area contributed by atoms with Crippen LogP contribution in [0.4, 0.5) is 4.39 Å². The third-order valence-corrected chi connectivity index (χ3v) is 3.66. The summed E-state index contributed by atoms with van der Waals surface area (Å²) in [6, 6.07) is 3.16. The van der Waals surface area contributed by atoms with E-state index in [2.05, 4.69) is 10.3 Å². The van der Waals surface area contributed by atoms with E-state index in [1.165, 1.54) is 25.0 Å². The van der Waals surface area contributed by atoms with Crippen LogP contribution >= 0.6 is 0 Å². The van der Waals surface area contributed by atoms with Crippen LogP contribution in [0.2, 0.25) is 0 Å². The van der Waals surface area contributed by atoms with Gasteiger partial charge in [-0.05, 0) is 45.4 Å². The summed E-state index contributed by atoms with van der Waals surface area (Å²) in [4.78, 5) is 18.2. The van der Waals surface area contributed by atoms with Crippen molar-refractivity contribution in [2.75, 3.05) is 13.1 Å². The van der Waals surface area contributed by atoms with Crippen LogP contribution in [0.25, 0.3) is 0 Å². The summed E-state index contributed by atoms with van der Waals surface area (Å²) in [5, 5.41) is 3.45. The summed E-state index contributed by atoms with van der Waals surface area (Å²) < 4.78 is 12.9. The van der Waals surface area contributed by atoms with Crippen molar-refractivity contribution in [2.45, 2.75) is 45.2 Å². The average Bonchev–Trinajstić information content (AvgIpc) is 2.45. The fourth-order valence-electron chi connectivity index (χ4n) is 2.49. The van der Waals surface area contributed by atoms with Gasteiger partial charge in [0.1, 0.15) is 11.5 Å². The fourth-order valence-corrected chi connectivity index (χ4v) is 2.49. The van der Waals surface area contributed by atoms with E-state index in [0.717, 1.165) is 19.2 Å². The Hall–Kier alpha value is -1.49. The topological polar surface area (TPSA) is 45.2 Å². The summed E-state index contributed by atoms with van der Waals surface area (Å²) in [6.07, 6.45) is 4.58. The van der Waals surface area contributed by atoms with Gasteiger partial charge in [0, 0.05) is 18.6 Å². The zero-order chi connectivity index (χ0) is 14.5. The molecule has 20 heavy (non-hydrogen) atoms. The van der Waals surface area contributed by atoms with Gasteiger partial charge in [0.05, 0.1) is 6.20 Å². The monoisotopic (exact) mass is 279 g/mol. The molecule has 1 saturated heterocycles. The molecule has 0 bridgehead atoms. The van der Waals surface area contributed by atoms with Crippen molar-refractivity contribution in [3.8, 4) is 0 Å². The summed E-state index contributed by atoms with van der Waals surface area (Å²) >= 11 is 0. The predicted octanol–water partition coefficient (Wildman–Crippen LogP) is 2.21. The highest BCUT2D eigenvalue weighted by atomic mass is 19.1. The van der Waals surface area contributed by atoms with Crippen LogP contribution in [-0.2, 0) is 0 Å². The number of carbonyl (C=O) groups is 1. The standard InChI is InChI=1S/C15H22FN3O/c1-11(2)19(10-13-5-3-4-8-17-13)15(20)14-7-6-12(16)9-18-14/h6-7,9,11,13,17H,3-5,8,10H2,1-2H3. The minimum absolute atomic E-state index is 0.0954. The smallest absolute Gasteiger partial charge is 0.272 e. The summed E-state index contributed by atoms with van der Waals surface area (Å²) in [5.74, 6) is -0.557. The molecule has 0 radical (unpaired) electrons. The molecule has 0 spiro atoms. The number of hydrogen-bond acceptors (Lipinski definition) is 3. The van der Waals surface area contributed by atoms with E-state index in [0.29, 0.717) is 18.3 Å². The molecule has 2 rings (SSSR count). The minimum Gasteiger partial charge on any atom is -0.333 e. The van der Waals surface area contributed by atoms with Crippen molar-refractivity contribution in [2.24, 2.45) is 0 Å². The molecule has 1 aliphatic heterocycles. The Kier molecular flexibility index (Phi) is 5.06. The Morgan fingerprint density at radius 1 is 1.50 bits per heavy atom. The van der Waals surface area contributed by atoms with Gasteiger partial charge in [0.2, 0.25) is 0 Å². The van der Waals surface area contributed by atoms with Gasteiger partial charge in [-0.25, -0.2) is 9.37 Å². The number of aromatic nitrogens is 1. The van der Waals surface area contributed by atoms with E-state index in [4.69, 9.17) is 0 Å². The maximum absolute atomic E-state index is 12.9. The molecule has 1 unspecified atom stereocenters. The Balaban J connectivity index is 2.07. The van der Waals surface area contributed by atoms with Crippen molar-refractivity contribution in [1.29, 1.82) is 0 Å². The Labute approximate surface area is 119 Å². The van der Waals surface area contributed by atoms with Gasteiger partial charge >= 0.3 is 0 Å². The van der Waals surface area contributed by atoms with Crippen LogP contribution in [-0.4, -0.2) is 41.0 Å². The molecule has 110 valence electrons. The minimum atomic E-state index is -0.424. The Bertz CT molecular complexity index is 441. The average molecular weight is 279 g/mol. The zero-order valence-corrected chi connectivity index (χ0v) is 12.1. The fraction of sp³-hybridized carbons (Fsp3) is 0.600. The molecular weight excluding hydrogens is 257 g/mol. The maximum atomic E-state index is 12.9. The van der Waals surface area contributed by atoms with Crippen molar-refractivity contribution >= 4 is 5.91 Å². The first-order valence-electron chi connectivity index (χ1n) is 7.24. The molecule has 1 aliphatic rings. The summed E-state index contributed by atoms with van der Waals surface area (Å²) in [5.41, 5.74) is 0.302. The van der Waals surface area contributed by atoms with E-state index in [1.807, 2.05) is 18.7 Å². The second-order valence-electron chi connectivity index (χ2n) is 5.56. The third kappa shape index (κ3) is 3.76. The van der Waals surface area contributed by atoms with Crippen LogP contribution in [0.3, 0.4) is 0 Å². The molecule has 4 nitrogen and oxygen atoms in total. The largest absolute Gasteiger partial charge is 0.333 e. The Morgan fingerprint density at radius 2 is 2.30 bits per heavy atom. The van der Waals surface area contributed by atoms with Crippen molar-refractivity contribution in [3.05, 3.63) is 29.8 Å². The van der Waals surface area contributed by atoms with E-state index < -0.39 is 5.82 Å². The Morgan fingerprint density at radius 3 is 2.85 bits per heavy atom. The van der Waals surface area contributed by atoms with Gasteiger partial charge in [-0.2, -0.15) is 0 Å². The highest BCUT2D eigenvalue weighted by Gasteiger charge is 2.24. The second kappa shape index (κ2) is 6.79. The number of amides is 1. The lowest BCUT2D eigenvalue weighted by atomic mass is 10.0. The number of hydrogen-bond donors (Lipinski definition) is 1.